The van der Waals surface area contributed by atoms with Crippen LogP contribution in [0.2, 0.25) is 5.15 Å². The van der Waals surface area contributed by atoms with Gasteiger partial charge in [-0.15, -0.1) is 0 Å². The molecule has 0 amide bonds. The average molecular weight is 258 g/mol. The number of hydrogen-bond acceptors (Lipinski definition) is 3. The number of aliphatic hydroxyl groups excluding tert-OH is 1. The van der Waals surface area contributed by atoms with Gasteiger partial charge in [0.2, 0.25) is 0 Å². The molecule has 0 bridgehead atoms. The van der Waals surface area contributed by atoms with Crippen molar-refractivity contribution in [2.24, 2.45) is 7.05 Å². The summed E-state index contributed by atoms with van der Waals surface area (Å²) in [6.45, 7) is 4.05. The van der Waals surface area contributed by atoms with E-state index in [1.54, 1.807) is 4.68 Å². The Kier molecular flexibility index (Phi) is 4.07. The van der Waals surface area contributed by atoms with E-state index in [4.69, 9.17) is 11.6 Å². The fourth-order valence-corrected chi connectivity index (χ4v) is 2.77. The van der Waals surface area contributed by atoms with Crippen molar-refractivity contribution in [1.82, 2.24) is 14.7 Å². The van der Waals surface area contributed by atoms with Crippen LogP contribution in [-0.2, 0) is 13.6 Å². The van der Waals surface area contributed by atoms with Crippen LogP contribution in [-0.4, -0.2) is 39.0 Å². The molecule has 1 fully saturated rings. The lowest BCUT2D eigenvalue weighted by Crippen LogP contribution is -2.41. The van der Waals surface area contributed by atoms with Crippen LogP contribution in [0, 0.1) is 6.92 Å². The monoisotopic (exact) mass is 257 g/mol. The minimum absolute atomic E-state index is 0.233. The molecular formula is C12H20ClN3O. The number of halogens is 1. The van der Waals surface area contributed by atoms with Crippen molar-refractivity contribution in [2.45, 2.75) is 38.8 Å². The molecule has 0 aliphatic carbocycles. The third-order valence-electron chi connectivity index (χ3n) is 3.59. The topological polar surface area (TPSA) is 41.3 Å². The number of likely N-dealkylation sites (tertiary alicyclic amines) is 1. The highest BCUT2D eigenvalue weighted by Crippen LogP contribution is 2.24. The lowest BCUT2D eigenvalue weighted by molar-refractivity contribution is 0.0840. The van der Waals surface area contributed by atoms with Gasteiger partial charge in [0.05, 0.1) is 12.3 Å². The first-order valence-electron chi connectivity index (χ1n) is 6.16. The Bertz CT molecular complexity index is 391. The molecule has 1 saturated heterocycles. The van der Waals surface area contributed by atoms with E-state index in [-0.39, 0.29) is 12.6 Å². The number of rotatable bonds is 3. The first-order chi connectivity index (χ1) is 8.13. The maximum absolute atomic E-state index is 9.39. The first kappa shape index (κ1) is 12.9. The summed E-state index contributed by atoms with van der Waals surface area (Å²) in [6, 6.07) is 0.277. The Morgan fingerprint density at radius 2 is 2.24 bits per heavy atom. The van der Waals surface area contributed by atoms with Gasteiger partial charge < -0.3 is 5.11 Å². The Morgan fingerprint density at radius 3 is 2.82 bits per heavy atom. The molecule has 0 aromatic carbocycles. The molecule has 96 valence electrons. The molecule has 2 heterocycles. The van der Waals surface area contributed by atoms with E-state index in [1.165, 1.54) is 12.8 Å². The normalized spacial score (nSPS) is 22.0. The van der Waals surface area contributed by atoms with Crippen molar-refractivity contribution in [2.75, 3.05) is 13.2 Å². The Balaban J connectivity index is 2.13. The molecule has 1 aromatic rings. The zero-order valence-electron chi connectivity index (χ0n) is 10.5. The van der Waals surface area contributed by atoms with Gasteiger partial charge in [-0.2, -0.15) is 5.10 Å². The van der Waals surface area contributed by atoms with Crippen LogP contribution in [0.4, 0.5) is 0 Å². The van der Waals surface area contributed by atoms with E-state index in [0.717, 1.165) is 30.8 Å². The molecule has 1 atom stereocenters. The summed E-state index contributed by atoms with van der Waals surface area (Å²) in [4.78, 5) is 2.32. The largest absolute Gasteiger partial charge is 0.395 e. The number of piperidine rings is 1. The summed E-state index contributed by atoms with van der Waals surface area (Å²) in [5.41, 5.74) is 2.08. The van der Waals surface area contributed by atoms with Crippen molar-refractivity contribution >= 4 is 11.6 Å². The molecule has 1 aliphatic heterocycles. The minimum atomic E-state index is 0.233. The standard InChI is InChI=1S/C12H20ClN3O/c1-9-11(12(13)15(2)14-9)7-16-6-4-3-5-10(16)8-17/h10,17H,3-8H2,1-2H3. The second kappa shape index (κ2) is 5.38. The van der Waals surface area contributed by atoms with E-state index in [9.17, 15) is 5.11 Å². The van der Waals surface area contributed by atoms with Crippen molar-refractivity contribution in [3.8, 4) is 0 Å². The Labute approximate surface area is 107 Å². The van der Waals surface area contributed by atoms with E-state index in [0.29, 0.717) is 5.15 Å². The Morgan fingerprint density at radius 1 is 1.47 bits per heavy atom. The highest BCUT2D eigenvalue weighted by Gasteiger charge is 2.24. The second-order valence-corrected chi connectivity index (χ2v) is 5.14. The summed E-state index contributed by atoms with van der Waals surface area (Å²) < 4.78 is 1.71. The maximum atomic E-state index is 9.39. The van der Waals surface area contributed by atoms with E-state index >= 15 is 0 Å². The van der Waals surface area contributed by atoms with Gasteiger partial charge >= 0.3 is 0 Å². The fraction of sp³-hybridized carbons (Fsp3) is 0.750. The number of nitrogens with zero attached hydrogens (tertiary/aromatic N) is 3. The number of aryl methyl sites for hydroxylation is 2. The average Bonchev–Trinajstić information content (AvgIpc) is 2.57. The van der Waals surface area contributed by atoms with Crippen molar-refractivity contribution in [1.29, 1.82) is 0 Å². The molecule has 1 aromatic heterocycles. The molecule has 5 heteroatoms. The Hall–Kier alpha value is -0.580. The third-order valence-corrected chi connectivity index (χ3v) is 4.06. The number of aromatic nitrogens is 2. The van der Waals surface area contributed by atoms with Gasteiger partial charge in [-0.1, -0.05) is 18.0 Å². The van der Waals surface area contributed by atoms with Crippen LogP contribution in [0.15, 0.2) is 0 Å². The molecule has 0 radical (unpaired) electrons. The molecular weight excluding hydrogens is 238 g/mol. The van der Waals surface area contributed by atoms with Gasteiger partial charge in [0.25, 0.3) is 0 Å². The first-order valence-corrected chi connectivity index (χ1v) is 6.54. The van der Waals surface area contributed by atoms with Crippen LogP contribution in [0.25, 0.3) is 0 Å². The van der Waals surface area contributed by atoms with E-state index < -0.39 is 0 Å². The summed E-state index contributed by atoms with van der Waals surface area (Å²) in [5.74, 6) is 0. The van der Waals surface area contributed by atoms with E-state index in [1.807, 2.05) is 14.0 Å². The van der Waals surface area contributed by atoms with Crippen LogP contribution in [0.3, 0.4) is 0 Å². The van der Waals surface area contributed by atoms with Gasteiger partial charge in [0.15, 0.2) is 0 Å². The van der Waals surface area contributed by atoms with Crippen LogP contribution >= 0.6 is 11.6 Å². The van der Waals surface area contributed by atoms with Gasteiger partial charge in [-0.05, 0) is 26.3 Å². The molecule has 1 unspecified atom stereocenters. The quantitative estimate of drug-likeness (QED) is 0.897. The molecule has 0 saturated carbocycles. The smallest absolute Gasteiger partial charge is 0.131 e. The van der Waals surface area contributed by atoms with Gasteiger partial charge in [0.1, 0.15) is 5.15 Å². The highest BCUT2D eigenvalue weighted by atomic mass is 35.5. The zero-order valence-corrected chi connectivity index (χ0v) is 11.2. The predicted octanol–water partition coefficient (Wildman–Crippen LogP) is 1.73. The second-order valence-electron chi connectivity index (χ2n) is 4.78. The molecule has 17 heavy (non-hydrogen) atoms. The summed E-state index contributed by atoms with van der Waals surface area (Å²) in [7, 11) is 1.86. The van der Waals surface area contributed by atoms with Crippen LogP contribution < -0.4 is 0 Å². The minimum Gasteiger partial charge on any atom is -0.395 e. The molecule has 2 rings (SSSR count). The summed E-state index contributed by atoms with van der Waals surface area (Å²) in [6.07, 6.45) is 3.49. The number of hydrogen-bond donors (Lipinski definition) is 1. The predicted molar refractivity (Wildman–Crippen MR) is 68.1 cm³/mol. The van der Waals surface area contributed by atoms with Crippen LogP contribution in [0.1, 0.15) is 30.5 Å². The van der Waals surface area contributed by atoms with Gasteiger partial charge in [-0.3, -0.25) is 9.58 Å². The van der Waals surface area contributed by atoms with Crippen molar-refractivity contribution in [3.05, 3.63) is 16.4 Å². The third kappa shape index (κ3) is 2.64. The SMILES string of the molecule is Cc1nn(C)c(Cl)c1CN1CCCCC1CO. The molecule has 4 nitrogen and oxygen atoms in total. The van der Waals surface area contributed by atoms with Crippen molar-refractivity contribution < 1.29 is 5.11 Å². The zero-order chi connectivity index (χ0) is 12.4. The van der Waals surface area contributed by atoms with Crippen LogP contribution in [0.5, 0.6) is 0 Å². The summed E-state index contributed by atoms with van der Waals surface area (Å²) in [5, 5.41) is 14.4. The van der Waals surface area contributed by atoms with Gasteiger partial charge in [-0.25, -0.2) is 0 Å². The van der Waals surface area contributed by atoms with Crippen molar-refractivity contribution in [3.63, 3.8) is 0 Å². The number of aliphatic hydroxyl groups is 1. The lowest BCUT2D eigenvalue weighted by Gasteiger charge is -2.34. The fourth-order valence-electron chi connectivity index (χ4n) is 2.53. The van der Waals surface area contributed by atoms with E-state index in [2.05, 4.69) is 10.00 Å². The molecule has 0 spiro atoms. The summed E-state index contributed by atoms with van der Waals surface area (Å²) >= 11 is 6.24. The molecule has 1 aliphatic rings. The lowest BCUT2D eigenvalue weighted by atomic mass is 10.0. The highest BCUT2D eigenvalue weighted by molar-refractivity contribution is 6.30. The maximum Gasteiger partial charge on any atom is 0.131 e. The molecule has 1 N–H and O–H groups in total. The van der Waals surface area contributed by atoms with Gasteiger partial charge in [0, 0.05) is 25.2 Å².